The van der Waals surface area contributed by atoms with Crippen molar-refractivity contribution < 1.29 is 0 Å². The normalized spacial score (nSPS) is 10.9. The van der Waals surface area contributed by atoms with E-state index in [0.29, 0.717) is 5.82 Å². The van der Waals surface area contributed by atoms with Gasteiger partial charge in [-0.05, 0) is 22.9 Å². The highest BCUT2D eigenvalue weighted by molar-refractivity contribution is 9.10. The monoisotopic (exact) mass is 269 g/mol. The van der Waals surface area contributed by atoms with Gasteiger partial charge in [-0.1, -0.05) is 0 Å². The molecule has 2 N–H and O–H groups in total. The van der Waals surface area contributed by atoms with Crippen LogP contribution in [0.4, 0.5) is 5.82 Å². The summed E-state index contributed by atoms with van der Waals surface area (Å²) in [4.78, 5) is 0. The lowest BCUT2D eigenvalue weighted by molar-refractivity contribution is 0.749. The predicted octanol–water partition coefficient (Wildman–Crippen LogP) is 1.47. The van der Waals surface area contributed by atoms with Crippen molar-refractivity contribution in [1.82, 2.24) is 19.6 Å². The predicted molar refractivity (Wildman–Crippen MR) is 62.3 cm³/mol. The van der Waals surface area contributed by atoms with Gasteiger partial charge in [0.1, 0.15) is 16.1 Å². The lowest BCUT2D eigenvalue weighted by Gasteiger charge is -1.96. The Bertz CT molecular complexity index is 511. The van der Waals surface area contributed by atoms with Gasteiger partial charge in [-0.3, -0.25) is 9.36 Å². The van der Waals surface area contributed by atoms with Crippen molar-refractivity contribution in [3.63, 3.8) is 0 Å². The average Bonchev–Trinajstić information content (AvgIpc) is 2.64. The van der Waals surface area contributed by atoms with Gasteiger partial charge in [-0.2, -0.15) is 10.2 Å². The van der Waals surface area contributed by atoms with Gasteiger partial charge >= 0.3 is 0 Å². The Morgan fingerprint density at radius 2 is 2.00 bits per heavy atom. The van der Waals surface area contributed by atoms with Crippen LogP contribution in [0.5, 0.6) is 0 Å². The van der Waals surface area contributed by atoms with Crippen molar-refractivity contribution in [1.29, 1.82) is 0 Å². The molecule has 0 aliphatic rings. The Hall–Kier alpha value is -1.30. The first-order valence-electron chi connectivity index (χ1n) is 4.49. The Labute approximate surface area is 96.0 Å². The second kappa shape index (κ2) is 3.37. The van der Waals surface area contributed by atoms with Gasteiger partial charge in [0, 0.05) is 19.7 Å². The highest BCUT2D eigenvalue weighted by Crippen LogP contribution is 2.30. The minimum absolute atomic E-state index is 0.681. The quantitative estimate of drug-likeness (QED) is 0.853. The Balaban J connectivity index is 2.64. The highest BCUT2D eigenvalue weighted by atomic mass is 79.9. The van der Waals surface area contributed by atoms with Crippen LogP contribution >= 0.6 is 15.9 Å². The van der Waals surface area contributed by atoms with Crippen LogP contribution in [0, 0.1) is 6.92 Å². The molecule has 0 aliphatic carbocycles. The zero-order valence-corrected chi connectivity index (χ0v) is 10.4. The molecule has 15 heavy (non-hydrogen) atoms. The van der Waals surface area contributed by atoms with Crippen LogP contribution in [-0.2, 0) is 14.1 Å². The summed E-state index contributed by atoms with van der Waals surface area (Å²) < 4.78 is 4.33. The lowest BCUT2D eigenvalue weighted by atomic mass is 10.2. The number of anilines is 1. The first-order valence-corrected chi connectivity index (χ1v) is 5.28. The van der Waals surface area contributed by atoms with Gasteiger partial charge in [0.05, 0.1) is 11.8 Å². The van der Waals surface area contributed by atoms with Crippen LogP contribution in [0.25, 0.3) is 11.3 Å². The van der Waals surface area contributed by atoms with Gasteiger partial charge in [0.15, 0.2) is 0 Å². The molecule has 2 aromatic rings. The van der Waals surface area contributed by atoms with E-state index in [-0.39, 0.29) is 0 Å². The molecule has 0 aliphatic heterocycles. The van der Waals surface area contributed by atoms with Crippen molar-refractivity contribution in [3.8, 4) is 11.3 Å². The fourth-order valence-corrected chi connectivity index (χ4v) is 1.86. The first kappa shape index (κ1) is 10.2. The Morgan fingerprint density at radius 3 is 2.40 bits per heavy atom. The van der Waals surface area contributed by atoms with E-state index in [1.54, 1.807) is 15.6 Å². The molecule has 0 radical (unpaired) electrons. The van der Waals surface area contributed by atoms with Gasteiger partial charge < -0.3 is 5.73 Å². The third-order valence-corrected chi connectivity index (χ3v) is 3.40. The summed E-state index contributed by atoms with van der Waals surface area (Å²) in [6.07, 6.45) is 1.78. The van der Waals surface area contributed by atoms with E-state index in [0.717, 1.165) is 21.4 Å². The fourth-order valence-electron chi connectivity index (χ4n) is 1.48. The van der Waals surface area contributed by atoms with Crippen molar-refractivity contribution in [3.05, 3.63) is 16.4 Å². The number of nitrogens with zero attached hydrogens (tertiary/aromatic N) is 4. The smallest absolute Gasteiger partial charge is 0.124 e. The topological polar surface area (TPSA) is 61.7 Å². The molecule has 0 saturated carbocycles. The van der Waals surface area contributed by atoms with E-state index in [2.05, 4.69) is 26.1 Å². The van der Waals surface area contributed by atoms with Crippen molar-refractivity contribution in [2.75, 3.05) is 5.73 Å². The van der Waals surface area contributed by atoms with Crippen molar-refractivity contribution in [2.45, 2.75) is 6.92 Å². The molecule has 0 amide bonds. The number of nitrogen functional groups attached to an aromatic ring is 1. The van der Waals surface area contributed by atoms with Gasteiger partial charge in [-0.25, -0.2) is 0 Å². The molecule has 6 heteroatoms. The molecule has 80 valence electrons. The lowest BCUT2D eigenvalue weighted by Crippen LogP contribution is -1.97. The average molecular weight is 270 g/mol. The largest absolute Gasteiger partial charge is 0.384 e. The number of nitrogens with two attached hydrogens (primary N) is 1. The summed E-state index contributed by atoms with van der Waals surface area (Å²) in [7, 11) is 3.70. The molecule has 0 fully saturated rings. The molecule has 5 nitrogen and oxygen atoms in total. The molecule has 0 saturated heterocycles. The summed E-state index contributed by atoms with van der Waals surface area (Å²) in [5.74, 6) is 0.681. The van der Waals surface area contributed by atoms with Crippen LogP contribution in [0.2, 0.25) is 0 Å². The van der Waals surface area contributed by atoms with E-state index in [4.69, 9.17) is 5.73 Å². The molecular formula is C9H12BrN5. The van der Waals surface area contributed by atoms with Crippen LogP contribution in [-0.4, -0.2) is 19.6 Å². The number of hydrogen-bond acceptors (Lipinski definition) is 3. The second-order valence-electron chi connectivity index (χ2n) is 3.46. The molecule has 2 heterocycles. The van der Waals surface area contributed by atoms with E-state index < -0.39 is 0 Å². The van der Waals surface area contributed by atoms with E-state index in [1.165, 1.54) is 0 Å². The maximum absolute atomic E-state index is 5.85. The highest BCUT2D eigenvalue weighted by Gasteiger charge is 2.16. The van der Waals surface area contributed by atoms with Gasteiger partial charge in [0.25, 0.3) is 0 Å². The molecule has 0 spiro atoms. The molecule has 0 bridgehead atoms. The molecule has 2 rings (SSSR count). The maximum Gasteiger partial charge on any atom is 0.124 e. The maximum atomic E-state index is 5.85. The third-order valence-electron chi connectivity index (χ3n) is 2.46. The summed E-state index contributed by atoms with van der Waals surface area (Å²) in [6, 6.07) is 0. The summed E-state index contributed by atoms with van der Waals surface area (Å²) in [5.41, 5.74) is 8.66. The van der Waals surface area contributed by atoms with E-state index in [9.17, 15) is 0 Å². The van der Waals surface area contributed by atoms with Crippen LogP contribution in [0.15, 0.2) is 10.8 Å². The molecular weight excluding hydrogens is 258 g/mol. The van der Waals surface area contributed by atoms with E-state index in [1.807, 2.05) is 21.0 Å². The third kappa shape index (κ3) is 1.45. The SMILES string of the molecule is Cc1c(-c2cnn(C)c2Br)nn(C)c1N. The molecule has 2 aromatic heterocycles. The second-order valence-corrected chi connectivity index (χ2v) is 4.21. The summed E-state index contributed by atoms with van der Waals surface area (Å²) in [6.45, 7) is 1.96. The van der Waals surface area contributed by atoms with Crippen LogP contribution in [0.1, 0.15) is 5.56 Å². The Morgan fingerprint density at radius 1 is 1.33 bits per heavy atom. The fraction of sp³-hybridized carbons (Fsp3) is 0.333. The number of hydrogen-bond donors (Lipinski definition) is 1. The summed E-state index contributed by atoms with van der Waals surface area (Å²) in [5, 5.41) is 8.51. The molecule has 0 aromatic carbocycles. The number of aromatic nitrogens is 4. The van der Waals surface area contributed by atoms with Gasteiger partial charge in [0.2, 0.25) is 0 Å². The minimum Gasteiger partial charge on any atom is -0.384 e. The van der Waals surface area contributed by atoms with Crippen molar-refractivity contribution in [2.24, 2.45) is 14.1 Å². The molecule has 0 unspecified atom stereocenters. The number of rotatable bonds is 1. The minimum atomic E-state index is 0.681. The van der Waals surface area contributed by atoms with Crippen molar-refractivity contribution >= 4 is 21.7 Å². The number of halogens is 1. The van der Waals surface area contributed by atoms with Crippen LogP contribution < -0.4 is 5.73 Å². The zero-order valence-electron chi connectivity index (χ0n) is 8.82. The summed E-state index contributed by atoms with van der Waals surface area (Å²) >= 11 is 3.47. The molecule has 0 atom stereocenters. The number of aryl methyl sites for hydroxylation is 2. The van der Waals surface area contributed by atoms with E-state index >= 15 is 0 Å². The van der Waals surface area contributed by atoms with Gasteiger partial charge in [-0.15, -0.1) is 0 Å². The zero-order chi connectivity index (χ0) is 11.2. The standard InChI is InChI=1S/C9H12BrN5/c1-5-7(13-15(3)9(5)11)6-4-12-14(2)8(6)10/h4H,11H2,1-3H3. The Kier molecular flexibility index (Phi) is 2.30. The van der Waals surface area contributed by atoms with Crippen LogP contribution in [0.3, 0.4) is 0 Å². The first-order chi connectivity index (χ1) is 7.02.